The molecule has 4 rings (SSSR count). The molecule has 1 aromatic heterocycles. The SMILES string of the molecule is CC(C)c1ccc(Nc2nc(Oc3ccccc3)nc(Oc3ccccc3)n2)cc1. The fourth-order valence-corrected chi connectivity index (χ4v) is 2.75. The first-order chi connectivity index (χ1) is 14.7. The summed E-state index contributed by atoms with van der Waals surface area (Å²) in [5, 5.41) is 3.20. The predicted octanol–water partition coefficient (Wildman–Crippen LogP) is 6.32. The molecule has 0 amide bonds. The zero-order chi connectivity index (χ0) is 20.8. The van der Waals surface area contributed by atoms with Crippen molar-refractivity contribution in [3.05, 3.63) is 90.5 Å². The van der Waals surface area contributed by atoms with Crippen molar-refractivity contribution in [3.63, 3.8) is 0 Å². The van der Waals surface area contributed by atoms with Crippen molar-refractivity contribution >= 4 is 11.6 Å². The monoisotopic (exact) mass is 398 g/mol. The number of aromatic nitrogens is 3. The second-order valence-corrected chi connectivity index (χ2v) is 6.96. The number of benzene rings is 3. The standard InChI is InChI=1S/C24H22N4O2/c1-17(2)18-13-15-19(16-14-18)25-22-26-23(29-20-9-5-3-6-10-20)28-24(27-22)30-21-11-7-4-8-12-21/h3-17H,1-2H3,(H,25,26,27,28). The summed E-state index contributed by atoms with van der Waals surface area (Å²) in [6.07, 6.45) is 0. The normalized spacial score (nSPS) is 10.6. The Bertz CT molecular complexity index is 1030. The van der Waals surface area contributed by atoms with Gasteiger partial charge in [-0.2, -0.15) is 9.97 Å². The number of hydrogen-bond donors (Lipinski definition) is 1. The van der Waals surface area contributed by atoms with Gasteiger partial charge in [0.2, 0.25) is 5.95 Å². The molecule has 0 fully saturated rings. The molecule has 0 bridgehead atoms. The minimum atomic E-state index is 0.142. The topological polar surface area (TPSA) is 69.2 Å². The maximum Gasteiger partial charge on any atom is 0.330 e. The summed E-state index contributed by atoms with van der Waals surface area (Å²) in [5.74, 6) is 2.05. The van der Waals surface area contributed by atoms with Gasteiger partial charge in [-0.25, -0.2) is 0 Å². The van der Waals surface area contributed by atoms with E-state index in [0.717, 1.165) is 5.69 Å². The van der Waals surface area contributed by atoms with Crippen molar-refractivity contribution in [2.45, 2.75) is 19.8 Å². The van der Waals surface area contributed by atoms with Crippen LogP contribution in [0.4, 0.5) is 11.6 Å². The largest absolute Gasteiger partial charge is 0.424 e. The van der Waals surface area contributed by atoms with E-state index in [2.05, 4.69) is 46.2 Å². The average Bonchev–Trinajstić information content (AvgIpc) is 2.75. The summed E-state index contributed by atoms with van der Waals surface area (Å²) in [6, 6.07) is 27.1. The molecule has 4 aromatic rings. The Morgan fingerprint density at radius 2 is 1.13 bits per heavy atom. The van der Waals surface area contributed by atoms with E-state index in [1.165, 1.54) is 5.56 Å². The third kappa shape index (κ3) is 5.11. The summed E-state index contributed by atoms with van der Waals surface area (Å²) in [7, 11) is 0. The minimum Gasteiger partial charge on any atom is -0.424 e. The van der Waals surface area contributed by atoms with Gasteiger partial charge < -0.3 is 14.8 Å². The first kappa shape index (κ1) is 19.4. The second kappa shape index (κ2) is 9.05. The zero-order valence-corrected chi connectivity index (χ0v) is 16.8. The van der Waals surface area contributed by atoms with Crippen molar-refractivity contribution < 1.29 is 9.47 Å². The van der Waals surface area contributed by atoms with Crippen LogP contribution in [0.15, 0.2) is 84.9 Å². The van der Waals surface area contributed by atoms with Crippen molar-refractivity contribution in [2.75, 3.05) is 5.32 Å². The van der Waals surface area contributed by atoms with E-state index < -0.39 is 0 Å². The smallest absolute Gasteiger partial charge is 0.330 e. The van der Waals surface area contributed by atoms with Crippen LogP contribution in [0.2, 0.25) is 0 Å². The van der Waals surface area contributed by atoms with Crippen LogP contribution in [0, 0.1) is 0 Å². The molecule has 0 spiro atoms. The van der Waals surface area contributed by atoms with Gasteiger partial charge in [0.05, 0.1) is 0 Å². The van der Waals surface area contributed by atoms with E-state index in [1.807, 2.05) is 72.8 Å². The van der Waals surface area contributed by atoms with Crippen molar-refractivity contribution in [1.82, 2.24) is 15.0 Å². The Balaban J connectivity index is 1.62. The molecule has 0 atom stereocenters. The molecular weight excluding hydrogens is 376 g/mol. The first-order valence-corrected chi connectivity index (χ1v) is 9.74. The van der Waals surface area contributed by atoms with Crippen molar-refractivity contribution in [3.8, 4) is 23.5 Å². The predicted molar refractivity (Wildman–Crippen MR) is 117 cm³/mol. The second-order valence-electron chi connectivity index (χ2n) is 6.96. The number of nitrogens with one attached hydrogen (secondary N) is 1. The fourth-order valence-electron chi connectivity index (χ4n) is 2.75. The molecule has 0 aliphatic rings. The van der Waals surface area contributed by atoms with Crippen LogP contribution in [0.5, 0.6) is 23.5 Å². The summed E-state index contributed by atoms with van der Waals surface area (Å²) in [4.78, 5) is 13.1. The Hall–Kier alpha value is -3.93. The summed E-state index contributed by atoms with van der Waals surface area (Å²) < 4.78 is 11.6. The molecule has 3 aromatic carbocycles. The van der Waals surface area contributed by atoms with Crippen LogP contribution >= 0.6 is 0 Å². The van der Waals surface area contributed by atoms with E-state index in [0.29, 0.717) is 23.4 Å². The lowest BCUT2D eigenvalue weighted by Gasteiger charge is -2.11. The van der Waals surface area contributed by atoms with Crippen molar-refractivity contribution in [1.29, 1.82) is 0 Å². The molecule has 0 unspecified atom stereocenters. The Kier molecular flexibility index (Phi) is 5.85. The summed E-state index contributed by atoms with van der Waals surface area (Å²) in [6.45, 7) is 4.32. The van der Waals surface area contributed by atoms with Gasteiger partial charge in [-0.3, -0.25) is 0 Å². The summed E-state index contributed by atoms with van der Waals surface area (Å²) in [5.41, 5.74) is 2.12. The maximum absolute atomic E-state index is 5.80. The molecule has 0 aliphatic heterocycles. The molecule has 1 heterocycles. The zero-order valence-electron chi connectivity index (χ0n) is 16.8. The highest BCUT2D eigenvalue weighted by atomic mass is 16.5. The van der Waals surface area contributed by atoms with Gasteiger partial charge >= 0.3 is 12.0 Å². The lowest BCUT2D eigenvalue weighted by atomic mass is 10.0. The van der Waals surface area contributed by atoms with Gasteiger partial charge in [0, 0.05) is 5.69 Å². The molecule has 1 N–H and O–H groups in total. The van der Waals surface area contributed by atoms with E-state index in [4.69, 9.17) is 9.47 Å². The average molecular weight is 398 g/mol. The highest BCUT2D eigenvalue weighted by molar-refractivity contribution is 5.54. The summed E-state index contributed by atoms with van der Waals surface area (Å²) >= 11 is 0. The lowest BCUT2D eigenvalue weighted by Crippen LogP contribution is -2.03. The van der Waals surface area contributed by atoms with Gasteiger partial charge in [-0.1, -0.05) is 62.4 Å². The third-order valence-corrected chi connectivity index (χ3v) is 4.33. The number of ether oxygens (including phenoxy) is 2. The van der Waals surface area contributed by atoms with Gasteiger partial charge in [-0.15, -0.1) is 4.98 Å². The fraction of sp³-hybridized carbons (Fsp3) is 0.125. The molecule has 150 valence electrons. The Labute approximate surface area is 175 Å². The molecule has 30 heavy (non-hydrogen) atoms. The Morgan fingerprint density at radius 1 is 0.633 bits per heavy atom. The van der Waals surface area contributed by atoms with Crippen LogP contribution in [-0.4, -0.2) is 15.0 Å². The molecule has 6 nitrogen and oxygen atoms in total. The molecule has 0 aliphatic carbocycles. The minimum absolute atomic E-state index is 0.142. The van der Waals surface area contributed by atoms with Crippen LogP contribution < -0.4 is 14.8 Å². The Morgan fingerprint density at radius 3 is 1.60 bits per heavy atom. The lowest BCUT2D eigenvalue weighted by molar-refractivity contribution is 0.399. The van der Waals surface area contributed by atoms with Crippen LogP contribution in [-0.2, 0) is 0 Å². The van der Waals surface area contributed by atoms with Crippen LogP contribution in [0.3, 0.4) is 0 Å². The molecular formula is C24H22N4O2. The van der Waals surface area contributed by atoms with Gasteiger partial charge in [0.25, 0.3) is 0 Å². The molecule has 0 saturated heterocycles. The van der Waals surface area contributed by atoms with E-state index in [-0.39, 0.29) is 12.0 Å². The van der Waals surface area contributed by atoms with Gasteiger partial charge in [-0.05, 0) is 47.9 Å². The van der Waals surface area contributed by atoms with Crippen molar-refractivity contribution in [2.24, 2.45) is 0 Å². The highest BCUT2D eigenvalue weighted by Gasteiger charge is 2.11. The van der Waals surface area contributed by atoms with E-state index in [9.17, 15) is 0 Å². The number of rotatable bonds is 7. The number of hydrogen-bond acceptors (Lipinski definition) is 6. The van der Waals surface area contributed by atoms with Crippen LogP contribution in [0.25, 0.3) is 0 Å². The maximum atomic E-state index is 5.80. The molecule has 0 radical (unpaired) electrons. The molecule has 6 heteroatoms. The number of anilines is 2. The first-order valence-electron chi connectivity index (χ1n) is 9.74. The quantitative estimate of drug-likeness (QED) is 0.393. The van der Waals surface area contributed by atoms with E-state index in [1.54, 1.807) is 0 Å². The highest BCUT2D eigenvalue weighted by Crippen LogP contribution is 2.25. The number of para-hydroxylation sites is 2. The number of nitrogens with zero attached hydrogens (tertiary/aromatic N) is 3. The van der Waals surface area contributed by atoms with E-state index >= 15 is 0 Å². The van der Waals surface area contributed by atoms with Gasteiger partial charge in [0.15, 0.2) is 0 Å². The van der Waals surface area contributed by atoms with Crippen LogP contribution in [0.1, 0.15) is 25.3 Å². The molecule has 0 saturated carbocycles. The van der Waals surface area contributed by atoms with Gasteiger partial charge in [0.1, 0.15) is 11.5 Å². The third-order valence-electron chi connectivity index (χ3n) is 4.33.